The molecule has 0 spiro atoms. The second-order valence-electron chi connectivity index (χ2n) is 2.64. The van der Waals surface area contributed by atoms with Crippen LogP contribution in [-0.2, 0) is 4.79 Å². The van der Waals surface area contributed by atoms with Crippen LogP contribution in [0.15, 0.2) is 30.3 Å². The first-order chi connectivity index (χ1) is 6.83. The molecule has 14 heavy (non-hydrogen) atoms. The fourth-order valence-corrected chi connectivity index (χ4v) is 1.10. The fraction of sp³-hybridized carbons (Fsp3) is 0.300. The van der Waals surface area contributed by atoms with Gasteiger partial charge in [0.1, 0.15) is 5.75 Å². The van der Waals surface area contributed by atoms with Crippen molar-refractivity contribution in [2.75, 3.05) is 18.5 Å². The van der Waals surface area contributed by atoms with Gasteiger partial charge in [0.05, 0.1) is 0 Å². The normalized spacial score (nSPS) is 9.50. The number of para-hydroxylation sites is 1. The van der Waals surface area contributed by atoms with Gasteiger partial charge in [0.15, 0.2) is 6.61 Å². The fourth-order valence-electron chi connectivity index (χ4n) is 0.903. The van der Waals surface area contributed by atoms with Crippen molar-refractivity contribution >= 4 is 21.8 Å². The van der Waals surface area contributed by atoms with Crippen molar-refractivity contribution < 1.29 is 9.53 Å². The van der Waals surface area contributed by atoms with E-state index in [1.165, 1.54) is 0 Å². The van der Waals surface area contributed by atoms with E-state index >= 15 is 0 Å². The van der Waals surface area contributed by atoms with Gasteiger partial charge in [0.2, 0.25) is 0 Å². The minimum atomic E-state index is -0.103. The summed E-state index contributed by atoms with van der Waals surface area (Å²) in [4.78, 5) is 11.1. The van der Waals surface area contributed by atoms with Crippen LogP contribution < -0.4 is 10.1 Å². The first-order valence-electron chi connectivity index (χ1n) is 4.33. The number of benzene rings is 1. The van der Waals surface area contributed by atoms with Crippen molar-refractivity contribution in [2.24, 2.45) is 0 Å². The maximum Gasteiger partial charge on any atom is 0.257 e. The molecule has 0 radical (unpaired) electrons. The molecule has 1 aromatic rings. The molecule has 0 saturated carbocycles. The highest BCUT2D eigenvalue weighted by molar-refractivity contribution is 9.09. The second kappa shape index (κ2) is 6.43. The summed E-state index contributed by atoms with van der Waals surface area (Å²) in [5, 5.41) is 3.45. The molecule has 1 amide bonds. The Morgan fingerprint density at radius 2 is 2.07 bits per heavy atom. The molecule has 0 bridgehead atoms. The first kappa shape index (κ1) is 11.0. The van der Waals surface area contributed by atoms with Gasteiger partial charge < -0.3 is 10.1 Å². The van der Waals surface area contributed by atoms with E-state index in [0.717, 1.165) is 5.33 Å². The van der Waals surface area contributed by atoms with E-state index in [2.05, 4.69) is 21.2 Å². The predicted octanol–water partition coefficient (Wildman–Crippen LogP) is 1.58. The largest absolute Gasteiger partial charge is 0.484 e. The molecule has 76 valence electrons. The van der Waals surface area contributed by atoms with Crippen LogP contribution in [0.5, 0.6) is 5.75 Å². The summed E-state index contributed by atoms with van der Waals surface area (Å²) in [7, 11) is 0. The number of halogens is 1. The average molecular weight is 258 g/mol. The quantitative estimate of drug-likeness (QED) is 0.814. The van der Waals surface area contributed by atoms with Crippen molar-refractivity contribution in [1.29, 1.82) is 0 Å². The van der Waals surface area contributed by atoms with Crippen LogP contribution in [0.4, 0.5) is 0 Å². The molecule has 0 atom stereocenters. The van der Waals surface area contributed by atoms with E-state index < -0.39 is 0 Å². The SMILES string of the molecule is O=C(COc1ccccc1)NCCBr. The summed E-state index contributed by atoms with van der Waals surface area (Å²) in [6.45, 7) is 0.688. The van der Waals surface area contributed by atoms with E-state index in [4.69, 9.17) is 4.74 Å². The highest BCUT2D eigenvalue weighted by Crippen LogP contribution is 2.07. The maximum atomic E-state index is 11.1. The Hall–Kier alpha value is -1.03. The summed E-state index contributed by atoms with van der Waals surface area (Å²) >= 11 is 3.22. The van der Waals surface area contributed by atoms with Gasteiger partial charge in [0, 0.05) is 11.9 Å². The maximum absolute atomic E-state index is 11.1. The third kappa shape index (κ3) is 4.28. The van der Waals surface area contributed by atoms with Crippen LogP contribution >= 0.6 is 15.9 Å². The highest BCUT2D eigenvalue weighted by Gasteiger charge is 2.00. The van der Waals surface area contributed by atoms with Gasteiger partial charge in [-0.15, -0.1) is 0 Å². The minimum Gasteiger partial charge on any atom is -0.484 e. The van der Waals surface area contributed by atoms with Gasteiger partial charge in [-0.05, 0) is 12.1 Å². The molecule has 3 nitrogen and oxygen atoms in total. The van der Waals surface area contributed by atoms with Crippen LogP contribution in [0.25, 0.3) is 0 Å². The van der Waals surface area contributed by atoms with Gasteiger partial charge >= 0.3 is 0 Å². The number of nitrogens with one attached hydrogen (secondary N) is 1. The number of carbonyl (C=O) groups is 1. The van der Waals surface area contributed by atoms with Gasteiger partial charge in [-0.25, -0.2) is 0 Å². The number of alkyl halides is 1. The molecular formula is C10H12BrNO2. The Kier molecular flexibility index (Phi) is 5.07. The van der Waals surface area contributed by atoms with Gasteiger partial charge in [0.25, 0.3) is 5.91 Å². The van der Waals surface area contributed by atoms with Crippen molar-refractivity contribution in [3.63, 3.8) is 0 Å². The van der Waals surface area contributed by atoms with Crippen molar-refractivity contribution in [3.05, 3.63) is 30.3 Å². The zero-order valence-corrected chi connectivity index (χ0v) is 9.29. The van der Waals surface area contributed by atoms with Crippen LogP contribution in [0.1, 0.15) is 0 Å². The first-order valence-corrected chi connectivity index (χ1v) is 5.45. The zero-order valence-electron chi connectivity index (χ0n) is 7.70. The van der Waals surface area contributed by atoms with Gasteiger partial charge in [-0.1, -0.05) is 34.1 Å². The number of amides is 1. The number of carbonyl (C=O) groups excluding carboxylic acids is 1. The molecular weight excluding hydrogens is 246 g/mol. The lowest BCUT2D eigenvalue weighted by atomic mass is 10.3. The summed E-state index contributed by atoms with van der Waals surface area (Å²) in [5.74, 6) is 0.606. The average Bonchev–Trinajstić information content (AvgIpc) is 2.25. The van der Waals surface area contributed by atoms with Gasteiger partial charge in [-0.2, -0.15) is 0 Å². The number of hydrogen-bond acceptors (Lipinski definition) is 2. The molecule has 0 aliphatic heterocycles. The smallest absolute Gasteiger partial charge is 0.257 e. The lowest BCUT2D eigenvalue weighted by Crippen LogP contribution is -2.30. The van der Waals surface area contributed by atoms with E-state index in [-0.39, 0.29) is 12.5 Å². The van der Waals surface area contributed by atoms with Crippen molar-refractivity contribution in [1.82, 2.24) is 5.32 Å². The van der Waals surface area contributed by atoms with Crippen LogP contribution in [0.2, 0.25) is 0 Å². The van der Waals surface area contributed by atoms with Crippen LogP contribution in [0, 0.1) is 0 Å². The predicted molar refractivity (Wildman–Crippen MR) is 58.7 cm³/mol. The molecule has 0 aliphatic carbocycles. The summed E-state index contributed by atoms with van der Waals surface area (Å²) in [5.41, 5.74) is 0. The summed E-state index contributed by atoms with van der Waals surface area (Å²) < 4.78 is 5.24. The van der Waals surface area contributed by atoms with E-state index in [9.17, 15) is 4.79 Å². The Morgan fingerprint density at radius 3 is 2.71 bits per heavy atom. The van der Waals surface area contributed by atoms with Crippen LogP contribution in [-0.4, -0.2) is 24.4 Å². The minimum absolute atomic E-state index is 0.0665. The molecule has 0 heterocycles. The van der Waals surface area contributed by atoms with Crippen molar-refractivity contribution in [3.8, 4) is 5.75 Å². The number of hydrogen-bond donors (Lipinski definition) is 1. The van der Waals surface area contributed by atoms with E-state index in [1.807, 2.05) is 30.3 Å². The van der Waals surface area contributed by atoms with Gasteiger partial charge in [-0.3, -0.25) is 4.79 Å². The Bertz CT molecular complexity index is 277. The van der Waals surface area contributed by atoms with E-state index in [0.29, 0.717) is 12.3 Å². The molecule has 1 aromatic carbocycles. The Morgan fingerprint density at radius 1 is 1.36 bits per heavy atom. The molecule has 0 aliphatic rings. The molecule has 0 fully saturated rings. The number of rotatable bonds is 5. The highest BCUT2D eigenvalue weighted by atomic mass is 79.9. The number of ether oxygens (including phenoxy) is 1. The lowest BCUT2D eigenvalue weighted by molar-refractivity contribution is -0.122. The van der Waals surface area contributed by atoms with E-state index in [1.54, 1.807) is 0 Å². The van der Waals surface area contributed by atoms with Crippen molar-refractivity contribution in [2.45, 2.75) is 0 Å². The zero-order chi connectivity index (χ0) is 10.2. The molecule has 0 saturated heterocycles. The molecule has 0 unspecified atom stereocenters. The Labute approximate surface area is 91.6 Å². The summed E-state index contributed by atoms with van der Waals surface area (Å²) in [6.07, 6.45) is 0. The lowest BCUT2D eigenvalue weighted by Gasteiger charge is -2.05. The topological polar surface area (TPSA) is 38.3 Å². The molecule has 1 rings (SSSR count). The summed E-state index contributed by atoms with van der Waals surface area (Å²) in [6, 6.07) is 9.27. The molecule has 1 N–H and O–H groups in total. The van der Waals surface area contributed by atoms with Crippen LogP contribution in [0.3, 0.4) is 0 Å². The Balaban J connectivity index is 2.24. The monoisotopic (exact) mass is 257 g/mol. The third-order valence-corrected chi connectivity index (χ3v) is 1.93. The third-order valence-electron chi connectivity index (χ3n) is 1.53. The molecule has 0 aromatic heterocycles. The molecule has 4 heteroatoms. The second-order valence-corrected chi connectivity index (χ2v) is 3.43. The standard InChI is InChI=1S/C10H12BrNO2/c11-6-7-12-10(13)8-14-9-4-2-1-3-5-9/h1-5H,6-8H2,(H,12,13).